The average Bonchev–Trinajstić information content (AvgIpc) is 2.53. The highest BCUT2D eigenvalue weighted by Gasteiger charge is 2.21. The van der Waals surface area contributed by atoms with Crippen LogP contribution >= 0.6 is 11.3 Å². The van der Waals surface area contributed by atoms with Crippen LogP contribution in [0.5, 0.6) is 0 Å². The van der Waals surface area contributed by atoms with Gasteiger partial charge in [-0.1, -0.05) is 13.8 Å². The smallest absolute Gasteiger partial charge is 0.123 e. The maximum absolute atomic E-state index is 9.67. The van der Waals surface area contributed by atoms with Crippen LogP contribution in [-0.2, 0) is 0 Å². The zero-order valence-electron chi connectivity index (χ0n) is 7.27. The van der Waals surface area contributed by atoms with E-state index in [1.54, 1.807) is 6.20 Å². The SMILES string of the molecule is CC(C)C(N)C(O)c1nccs1. The summed E-state index contributed by atoms with van der Waals surface area (Å²) in [5.74, 6) is 0.267. The predicted octanol–water partition coefficient (Wildman–Crippen LogP) is 1.16. The highest BCUT2D eigenvalue weighted by molar-refractivity contribution is 7.09. The Hall–Kier alpha value is -0.450. The van der Waals surface area contributed by atoms with Gasteiger partial charge in [-0.25, -0.2) is 4.98 Å². The van der Waals surface area contributed by atoms with E-state index in [1.165, 1.54) is 11.3 Å². The normalized spacial score (nSPS) is 16.4. The highest BCUT2D eigenvalue weighted by Crippen LogP contribution is 2.21. The Bertz CT molecular complexity index is 223. The summed E-state index contributed by atoms with van der Waals surface area (Å²) >= 11 is 1.44. The molecule has 0 aliphatic heterocycles. The van der Waals surface area contributed by atoms with E-state index in [4.69, 9.17) is 5.73 Å². The Kier molecular flexibility index (Phi) is 3.20. The van der Waals surface area contributed by atoms with Crippen LogP contribution in [-0.4, -0.2) is 16.1 Å². The van der Waals surface area contributed by atoms with Crippen LogP contribution in [0.15, 0.2) is 11.6 Å². The van der Waals surface area contributed by atoms with Gasteiger partial charge >= 0.3 is 0 Å². The monoisotopic (exact) mass is 186 g/mol. The molecule has 0 aliphatic rings. The van der Waals surface area contributed by atoms with Crippen molar-refractivity contribution in [2.75, 3.05) is 0 Å². The fourth-order valence-electron chi connectivity index (χ4n) is 0.910. The fraction of sp³-hybridized carbons (Fsp3) is 0.625. The molecule has 0 saturated heterocycles. The molecule has 3 N–H and O–H groups in total. The molecule has 0 saturated carbocycles. The van der Waals surface area contributed by atoms with Crippen molar-refractivity contribution in [3.05, 3.63) is 16.6 Å². The molecule has 1 aromatic rings. The second-order valence-electron chi connectivity index (χ2n) is 3.14. The second-order valence-corrected chi connectivity index (χ2v) is 4.06. The van der Waals surface area contributed by atoms with Crippen molar-refractivity contribution >= 4 is 11.3 Å². The Labute approximate surface area is 76.3 Å². The molecule has 1 rings (SSSR count). The van der Waals surface area contributed by atoms with Crippen LogP contribution in [0.3, 0.4) is 0 Å². The van der Waals surface area contributed by atoms with E-state index in [0.29, 0.717) is 5.01 Å². The van der Waals surface area contributed by atoms with E-state index in [9.17, 15) is 5.11 Å². The van der Waals surface area contributed by atoms with Crippen LogP contribution < -0.4 is 5.73 Å². The van der Waals surface area contributed by atoms with E-state index < -0.39 is 6.10 Å². The average molecular weight is 186 g/mol. The molecule has 0 radical (unpaired) electrons. The van der Waals surface area contributed by atoms with Crippen molar-refractivity contribution in [1.82, 2.24) is 4.98 Å². The van der Waals surface area contributed by atoms with Crippen LogP contribution in [0.25, 0.3) is 0 Å². The first-order valence-electron chi connectivity index (χ1n) is 3.96. The number of rotatable bonds is 3. The summed E-state index contributed by atoms with van der Waals surface area (Å²) in [4.78, 5) is 4.01. The van der Waals surface area contributed by atoms with Gasteiger partial charge in [-0.3, -0.25) is 0 Å². The van der Waals surface area contributed by atoms with Crippen molar-refractivity contribution < 1.29 is 5.11 Å². The largest absolute Gasteiger partial charge is 0.384 e. The molecule has 2 unspecified atom stereocenters. The number of nitrogens with zero attached hydrogens (tertiary/aromatic N) is 1. The van der Waals surface area contributed by atoms with Gasteiger partial charge in [-0.05, 0) is 5.92 Å². The molecule has 4 heteroatoms. The summed E-state index contributed by atoms with van der Waals surface area (Å²) in [6, 6.07) is -0.226. The third-order valence-electron chi connectivity index (χ3n) is 1.84. The fourth-order valence-corrected chi connectivity index (χ4v) is 1.59. The van der Waals surface area contributed by atoms with Crippen LogP contribution in [0, 0.1) is 5.92 Å². The standard InChI is InChI=1S/C8H14N2OS/c1-5(2)6(9)7(11)8-10-3-4-12-8/h3-7,11H,9H2,1-2H3. The van der Waals surface area contributed by atoms with Crippen molar-refractivity contribution in [1.29, 1.82) is 0 Å². The van der Waals surface area contributed by atoms with E-state index >= 15 is 0 Å². The Morgan fingerprint density at radius 1 is 1.58 bits per heavy atom. The molecule has 0 bridgehead atoms. The lowest BCUT2D eigenvalue weighted by atomic mass is 10.0. The van der Waals surface area contributed by atoms with Crippen LogP contribution in [0.1, 0.15) is 25.0 Å². The molecule has 1 aromatic heterocycles. The maximum atomic E-state index is 9.67. The van der Waals surface area contributed by atoms with Gasteiger partial charge in [0, 0.05) is 17.6 Å². The summed E-state index contributed by atoms with van der Waals surface area (Å²) in [5.41, 5.74) is 5.77. The van der Waals surface area contributed by atoms with Gasteiger partial charge in [0.1, 0.15) is 11.1 Å². The maximum Gasteiger partial charge on any atom is 0.123 e. The summed E-state index contributed by atoms with van der Waals surface area (Å²) in [6.45, 7) is 3.98. The van der Waals surface area contributed by atoms with Crippen molar-refractivity contribution in [3.63, 3.8) is 0 Å². The number of aromatic nitrogens is 1. The van der Waals surface area contributed by atoms with E-state index in [-0.39, 0.29) is 12.0 Å². The van der Waals surface area contributed by atoms with E-state index in [2.05, 4.69) is 4.98 Å². The van der Waals surface area contributed by atoms with Crippen molar-refractivity contribution in [3.8, 4) is 0 Å². The van der Waals surface area contributed by atoms with Crippen molar-refractivity contribution in [2.24, 2.45) is 11.7 Å². The second kappa shape index (κ2) is 3.98. The van der Waals surface area contributed by atoms with Gasteiger partial charge in [-0.2, -0.15) is 0 Å². The third kappa shape index (κ3) is 2.03. The summed E-state index contributed by atoms with van der Waals surface area (Å²) in [5, 5.41) is 12.2. The number of aliphatic hydroxyl groups is 1. The minimum absolute atomic E-state index is 0.226. The first-order chi connectivity index (χ1) is 5.63. The van der Waals surface area contributed by atoms with Gasteiger partial charge in [0.25, 0.3) is 0 Å². The summed E-state index contributed by atoms with van der Waals surface area (Å²) < 4.78 is 0. The first kappa shape index (κ1) is 9.64. The van der Waals surface area contributed by atoms with Gasteiger partial charge < -0.3 is 10.8 Å². The zero-order valence-corrected chi connectivity index (χ0v) is 8.08. The first-order valence-corrected chi connectivity index (χ1v) is 4.84. The Balaban J connectivity index is 2.65. The van der Waals surface area contributed by atoms with Gasteiger partial charge in [0.15, 0.2) is 0 Å². The number of hydrogen-bond acceptors (Lipinski definition) is 4. The van der Waals surface area contributed by atoms with Gasteiger partial charge in [0.05, 0.1) is 0 Å². The summed E-state index contributed by atoms with van der Waals surface area (Å²) in [6.07, 6.45) is 1.06. The minimum atomic E-state index is -0.620. The Morgan fingerprint density at radius 3 is 2.67 bits per heavy atom. The zero-order chi connectivity index (χ0) is 9.14. The lowest BCUT2D eigenvalue weighted by molar-refractivity contribution is 0.125. The summed E-state index contributed by atoms with van der Waals surface area (Å²) in [7, 11) is 0. The molecule has 1 heterocycles. The van der Waals surface area contributed by atoms with E-state index in [1.807, 2.05) is 19.2 Å². The molecule has 0 aromatic carbocycles. The lowest BCUT2D eigenvalue weighted by Crippen LogP contribution is -2.33. The third-order valence-corrected chi connectivity index (χ3v) is 2.69. The molecule has 12 heavy (non-hydrogen) atoms. The van der Waals surface area contributed by atoms with Crippen LogP contribution in [0.2, 0.25) is 0 Å². The molecular formula is C8H14N2OS. The molecule has 2 atom stereocenters. The highest BCUT2D eigenvalue weighted by atomic mass is 32.1. The van der Waals surface area contributed by atoms with Gasteiger partial charge in [0.2, 0.25) is 0 Å². The number of thiazole rings is 1. The molecule has 68 valence electrons. The minimum Gasteiger partial charge on any atom is -0.384 e. The number of aliphatic hydroxyl groups excluding tert-OH is 1. The molecule has 3 nitrogen and oxygen atoms in total. The topological polar surface area (TPSA) is 59.1 Å². The predicted molar refractivity (Wildman–Crippen MR) is 49.9 cm³/mol. The molecule has 0 fully saturated rings. The van der Waals surface area contributed by atoms with Crippen LogP contribution in [0.4, 0.5) is 0 Å². The molecule has 0 amide bonds. The quantitative estimate of drug-likeness (QED) is 0.744. The lowest BCUT2D eigenvalue weighted by Gasteiger charge is -2.19. The number of nitrogens with two attached hydrogens (primary N) is 1. The number of hydrogen-bond donors (Lipinski definition) is 2. The van der Waals surface area contributed by atoms with Gasteiger partial charge in [-0.15, -0.1) is 11.3 Å². The molecular weight excluding hydrogens is 172 g/mol. The molecule has 0 spiro atoms. The molecule has 0 aliphatic carbocycles. The van der Waals surface area contributed by atoms with Crippen molar-refractivity contribution in [2.45, 2.75) is 26.0 Å². The van der Waals surface area contributed by atoms with E-state index in [0.717, 1.165) is 0 Å². The Morgan fingerprint density at radius 2 is 2.25 bits per heavy atom.